The first-order chi connectivity index (χ1) is 14.9. The molecule has 2 amide bonds. The number of thioether (sulfide) groups is 1. The standard InChI is InChI=1S/C23H14Cl3NO3S/c24-16-6-8-17(9-7-16)27-22(28)21(31-23(27)29)12-15-3-1-2-4-20(15)30-13-14-5-10-18(25)19(26)11-14/h1-12H,13H2/b21-12+. The van der Waals surface area contributed by atoms with Gasteiger partial charge in [-0.05, 0) is 65.9 Å². The Hall–Kier alpha value is -2.44. The molecule has 1 saturated heterocycles. The zero-order valence-electron chi connectivity index (χ0n) is 15.8. The number of para-hydroxylation sites is 1. The average molecular weight is 491 g/mol. The summed E-state index contributed by atoms with van der Waals surface area (Å²) in [6.07, 6.45) is 1.66. The Morgan fingerprint density at radius 3 is 2.39 bits per heavy atom. The van der Waals surface area contributed by atoms with E-state index >= 15 is 0 Å². The number of rotatable bonds is 5. The molecule has 1 aliphatic heterocycles. The molecule has 0 aromatic heterocycles. The summed E-state index contributed by atoms with van der Waals surface area (Å²) in [6.45, 7) is 0.272. The van der Waals surface area contributed by atoms with Crippen molar-refractivity contribution in [2.24, 2.45) is 0 Å². The van der Waals surface area contributed by atoms with E-state index in [4.69, 9.17) is 39.5 Å². The van der Waals surface area contributed by atoms with Crippen molar-refractivity contribution >= 4 is 69.5 Å². The Labute approximate surface area is 198 Å². The van der Waals surface area contributed by atoms with E-state index in [2.05, 4.69) is 0 Å². The molecule has 0 saturated carbocycles. The number of nitrogens with zero attached hydrogens (tertiary/aromatic N) is 1. The summed E-state index contributed by atoms with van der Waals surface area (Å²) < 4.78 is 5.94. The molecule has 1 aliphatic rings. The lowest BCUT2D eigenvalue weighted by atomic mass is 10.1. The number of imide groups is 1. The summed E-state index contributed by atoms with van der Waals surface area (Å²) in [7, 11) is 0. The first-order valence-corrected chi connectivity index (χ1v) is 11.1. The molecule has 4 nitrogen and oxygen atoms in total. The van der Waals surface area contributed by atoms with E-state index in [1.807, 2.05) is 24.3 Å². The first-order valence-electron chi connectivity index (χ1n) is 9.11. The molecule has 0 spiro atoms. The number of amides is 2. The van der Waals surface area contributed by atoms with Crippen LogP contribution < -0.4 is 9.64 Å². The topological polar surface area (TPSA) is 46.6 Å². The molecule has 0 aliphatic carbocycles. The van der Waals surface area contributed by atoms with Gasteiger partial charge in [0.2, 0.25) is 0 Å². The normalized spacial score (nSPS) is 15.1. The fourth-order valence-electron chi connectivity index (χ4n) is 2.94. The lowest BCUT2D eigenvalue weighted by molar-refractivity contribution is -0.113. The van der Waals surface area contributed by atoms with E-state index in [0.29, 0.717) is 37.0 Å². The van der Waals surface area contributed by atoms with Crippen LogP contribution >= 0.6 is 46.6 Å². The highest BCUT2D eigenvalue weighted by Gasteiger charge is 2.36. The molecule has 0 unspecified atom stereocenters. The molecule has 0 atom stereocenters. The molecule has 0 N–H and O–H groups in total. The predicted molar refractivity (Wildman–Crippen MR) is 127 cm³/mol. The maximum atomic E-state index is 12.9. The third-order valence-electron chi connectivity index (χ3n) is 4.46. The summed E-state index contributed by atoms with van der Waals surface area (Å²) in [5, 5.41) is 1.08. The molecule has 156 valence electrons. The number of hydrogen-bond donors (Lipinski definition) is 0. The number of hydrogen-bond acceptors (Lipinski definition) is 4. The van der Waals surface area contributed by atoms with Crippen LogP contribution in [-0.2, 0) is 11.4 Å². The quantitative estimate of drug-likeness (QED) is 0.348. The zero-order valence-corrected chi connectivity index (χ0v) is 18.9. The summed E-state index contributed by atoms with van der Waals surface area (Å²) in [6, 6.07) is 19.1. The van der Waals surface area contributed by atoms with Gasteiger partial charge < -0.3 is 4.74 Å². The van der Waals surface area contributed by atoms with Crippen LogP contribution in [0.2, 0.25) is 15.1 Å². The summed E-state index contributed by atoms with van der Waals surface area (Å²) in [5.74, 6) is 0.184. The maximum absolute atomic E-state index is 12.9. The highest BCUT2D eigenvalue weighted by molar-refractivity contribution is 8.19. The molecule has 1 fully saturated rings. The van der Waals surface area contributed by atoms with Crippen molar-refractivity contribution in [2.75, 3.05) is 4.90 Å². The first kappa shape index (κ1) is 21.8. The number of benzene rings is 3. The van der Waals surface area contributed by atoms with Crippen molar-refractivity contribution < 1.29 is 14.3 Å². The van der Waals surface area contributed by atoms with Crippen molar-refractivity contribution in [3.8, 4) is 5.75 Å². The maximum Gasteiger partial charge on any atom is 0.298 e. The number of anilines is 1. The van der Waals surface area contributed by atoms with Crippen LogP contribution in [-0.4, -0.2) is 11.1 Å². The number of ether oxygens (including phenoxy) is 1. The largest absolute Gasteiger partial charge is 0.488 e. The lowest BCUT2D eigenvalue weighted by Crippen LogP contribution is -2.27. The molecule has 0 radical (unpaired) electrons. The number of halogens is 3. The highest BCUT2D eigenvalue weighted by Crippen LogP contribution is 2.37. The van der Waals surface area contributed by atoms with E-state index in [0.717, 1.165) is 22.2 Å². The Morgan fingerprint density at radius 2 is 1.65 bits per heavy atom. The molecular formula is C23H14Cl3NO3S. The Kier molecular flexibility index (Phi) is 6.58. The smallest absolute Gasteiger partial charge is 0.298 e. The Morgan fingerprint density at radius 1 is 0.903 bits per heavy atom. The monoisotopic (exact) mass is 489 g/mol. The molecule has 31 heavy (non-hydrogen) atoms. The number of carbonyl (C=O) groups is 2. The van der Waals surface area contributed by atoms with Crippen molar-refractivity contribution in [2.45, 2.75) is 6.61 Å². The van der Waals surface area contributed by atoms with Crippen LogP contribution in [0, 0.1) is 0 Å². The van der Waals surface area contributed by atoms with Gasteiger partial charge in [-0.25, -0.2) is 4.90 Å². The summed E-state index contributed by atoms with van der Waals surface area (Å²) in [4.78, 5) is 26.8. The van der Waals surface area contributed by atoms with Gasteiger partial charge in [0.1, 0.15) is 12.4 Å². The van der Waals surface area contributed by atoms with Gasteiger partial charge in [-0.2, -0.15) is 0 Å². The second-order valence-electron chi connectivity index (χ2n) is 6.57. The van der Waals surface area contributed by atoms with E-state index in [1.165, 1.54) is 0 Å². The van der Waals surface area contributed by atoms with Crippen LogP contribution in [0.1, 0.15) is 11.1 Å². The van der Waals surface area contributed by atoms with Crippen molar-refractivity contribution in [3.05, 3.63) is 97.8 Å². The minimum atomic E-state index is -0.392. The van der Waals surface area contributed by atoms with Gasteiger partial charge in [0.15, 0.2) is 0 Å². The Balaban J connectivity index is 1.56. The van der Waals surface area contributed by atoms with Crippen molar-refractivity contribution in [3.63, 3.8) is 0 Å². The van der Waals surface area contributed by atoms with Gasteiger partial charge in [0, 0.05) is 10.6 Å². The van der Waals surface area contributed by atoms with Crippen LogP contribution in [0.15, 0.2) is 71.6 Å². The van der Waals surface area contributed by atoms with Gasteiger partial charge in [-0.15, -0.1) is 0 Å². The minimum Gasteiger partial charge on any atom is -0.488 e. The molecule has 4 rings (SSSR count). The van der Waals surface area contributed by atoms with Crippen LogP contribution in [0.25, 0.3) is 6.08 Å². The average Bonchev–Trinajstić information content (AvgIpc) is 3.03. The third kappa shape index (κ3) is 4.91. The van der Waals surface area contributed by atoms with Crippen molar-refractivity contribution in [1.29, 1.82) is 0 Å². The molecule has 8 heteroatoms. The predicted octanol–water partition coefficient (Wildman–Crippen LogP) is 7.47. The van der Waals surface area contributed by atoms with E-state index in [-0.39, 0.29) is 11.8 Å². The minimum absolute atomic E-state index is 0.272. The molecule has 0 bridgehead atoms. The molecule has 3 aromatic rings. The molecular weight excluding hydrogens is 477 g/mol. The zero-order chi connectivity index (χ0) is 22.0. The van der Waals surface area contributed by atoms with E-state index in [9.17, 15) is 9.59 Å². The van der Waals surface area contributed by atoms with Crippen LogP contribution in [0.5, 0.6) is 5.75 Å². The molecule has 1 heterocycles. The molecule has 3 aromatic carbocycles. The SMILES string of the molecule is O=C1S/C(=C/c2ccccc2OCc2ccc(Cl)c(Cl)c2)C(=O)N1c1ccc(Cl)cc1. The Bertz CT molecular complexity index is 1190. The van der Waals surface area contributed by atoms with Crippen LogP contribution in [0.3, 0.4) is 0 Å². The van der Waals surface area contributed by atoms with Crippen molar-refractivity contribution in [1.82, 2.24) is 0 Å². The lowest BCUT2D eigenvalue weighted by Gasteiger charge is -2.12. The van der Waals surface area contributed by atoms with Gasteiger partial charge in [0.05, 0.1) is 20.6 Å². The van der Waals surface area contributed by atoms with Gasteiger partial charge in [-0.3, -0.25) is 9.59 Å². The fraction of sp³-hybridized carbons (Fsp3) is 0.0435. The van der Waals surface area contributed by atoms with Gasteiger partial charge in [-0.1, -0.05) is 59.1 Å². The summed E-state index contributed by atoms with van der Waals surface area (Å²) >= 11 is 18.8. The summed E-state index contributed by atoms with van der Waals surface area (Å²) in [5.41, 5.74) is 2.01. The second-order valence-corrected chi connectivity index (χ2v) is 8.81. The van der Waals surface area contributed by atoms with Gasteiger partial charge in [0.25, 0.3) is 11.1 Å². The van der Waals surface area contributed by atoms with Gasteiger partial charge >= 0.3 is 0 Å². The third-order valence-corrected chi connectivity index (χ3v) is 6.32. The number of carbonyl (C=O) groups excluding carboxylic acids is 2. The van der Waals surface area contributed by atoms with Crippen LogP contribution in [0.4, 0.5) is 10.5 Å². The highest BCUT2D eigenvalue weighted by atomic mass is 35.5. The van der Waals surface area contributed by atoms with E-state index < -0.39 is 5.91 Å². The van der Waals surface area contributed by atoms with E-state index in [1.54, 1.807) is 48.5 Å². The second kappa shape index (κ2) is 9.37. The fourth-order valence-corrected chi connectivity index (χ4v) is 4.22.